The molecule has 5 heteroatoms. The largest absolute Gasteiger partial charge is 0.382 e. The lowest BCUT2D eigenvalue weighted by atomic mass is 9.80. The van der Waals surface area contributed by atoms with Gasteiger partial charge in [0.05, 0.1) is 13.2 Å². The Morgan fingerprint density at radius 3 is 2.60 bits per heavy atom. The molecule has 1 fully saturated rings. The van der Waals surface area contributed by atoms with Crippen LogP contribution < -0.4 is 11.1 Å². The molecule has 118 valence electrons. The van der Waals surface area contributed by atoms with Gasteiger partial charge in [-0.1, -0.05) is 19.3 Å². The zero-order valence-corrected chi connectivity index (χ0v) is 12.8. The molecule has 0 aliphatic heterocycles. The van der Waals surface area contributed by atoms with Crippen molar-refractivity contribution in [3.05, 3.63) is 0 Å². The summed E-state index contributed by atoms with van der Waals surface area (Å²) in [6.45, 7) is 2.70. The van der Waals surface area contributed by atoms with Crippen molar-refractivity contribution >= 4 is 5.91 Å². The molecule has 0 heterocycles. The third kappa shape index (κ3) is 7.82. The van der Waals surface area contributed by atoms with E-state index in [2.05, 4.69) is 5.32 Å². The number of ether oxygens (including phenoxy) is 2. The average molecular weight is 286 g/mol. The van der Waals surface area contributed by atoms with Crippen molar-refractivity contribution in [2.45, 2.75) is 56.9 Å². The molecule has 20 heavy (non-hydrogen) atoms. The predicted molar refractivity (Wildman–Crippen MR) is 79.6 cm³/mol. The molecule has 1 saturated carbocycles. The van der Waals surface area contributed by atoms with Crippen molar-refractivity contribution < 1.29 is 14.3 Å². The fourth-order valence-corrected chi connectivity index (χ4v) is 2.62. The molecule has 0 unspecified atom stereocenters. The summed E-state index contributed by atoms with van der Waals surface area (Å²) < 4.78 is 10.2. The molecule has 1 rings (SSSR count). The fourth-order valence-electron chi connectivity index (χ4n) is 2.62. The summed E-state index contributed by atoms with van der Waals surface area (Å²) in [6, 6.07) is 0. The SMILES string of the molecule is COCCOCCCCNC(=O)CC1(N)CCCCC1. The molecule has 1 aliphatic carbocycles. The molecule has 0 radical (unpaired) electrons. The number of hydrogen-bond acceptors (Lipinski definition) is 4. The van der Waals surface area contributed by atoms with Crippen LogP contribution in [0.5, 0.6) is 0 Å². The first-order valence-corrected chi connectivity index (χ1v) is 7.78. The van der Waals surface area contributed by atoms with Gasteiger partial charge in [0.2, 0.25) is 5.91 Å². The number of carbonyl (C=O) groups excluding carboxylic acids is 1. The Bertz CT molecular complexity index is 266. The van der Waals surface area contributed by atoms with Crippen molar-refractivity contribution in [3.63, 3.8) is 0 Å². The number of amides is 1. The number of methoxy groups -OCH3 is 1. The number of nitrogens with one attached hydrogen (secondary N) is 1. The van der Waals surface area contributed by atoms with Gasteiger partial charge in [-0.3, -0.25) is 4.79 Å². The Kier molecular flexibility index (Phi) is 8.82. The molecule has 5 nitrogen and oxygen atoms in total. The second-order valence-corrected chi connectivity index (χ2v) is 5.76. The molecular formula is C15H30N2O3. The van der Waals surface area contributed by atoms with Crippen molar-refractivity contribution in [1.29, 1.82) is 0 Å². The van der Waals surface area contributed by atoms with Crippen LogP contribution in [-0.4, -0.2) is 44.9 Å². The van der Waals surface area contributed by atoms with Gasteiger partial charge in [-0.25, -0.2) is 0 Å². The third-order valence-electron chi connectivity index (χ3n) is 3.83. The van der Waals surface area contributed by atoms with E-state index in [0.717, 1.165) is 45.1 Å². The maximum atomic E-state index is 11.9. The first kappa shape index (κ1) is 17.4. The lowest BCUT2D eigenvalue weighted by molar-refractivity contribution is -0.122. The van der Waals surface area contributed by atoms with Crippen molar-refractivity contribution in [1.82, 2.24) is 5.32 Å². The summed E-state index contributed by atoms with van der Waals surface area (Å²) in [5.74, 6) is 0.0923. The Morgan fingerprint density at radius 2 is 1.90 bits per heavy atom. The van der Waals surface area contributed by atoms with E-state index in [1.165, 1.54) is 6.42 Å². The van der Waals surface area contributed by atoms with Crippen LogP contribution in [0.15, 0.2) is 0 Å². The molecule has 0 spiro atoms. The summed E-state index contributed by atoms with van der Waals surface area (Å²) in [6.07, 6.45) is 7.89. The van der Waals surface area contributed by atoms with E-state index >= 15 is 0 Å². The molecular weight excluding hydrogens is 256 g/mol. The van der Waals surface area contributed by atoms with E-state index in [1.807, 2.05) is 0 Å². The van der Waals surface area contributed by atoms with Gasteiger partial charge >= 0.3 is 0 Å². The van der Waals surface area contributed by atoms with Crippen LogP contribution in [0.4, 0.5) is 0 Å². The molecule has 1 aliphatic rings. The van der Waals surface area contributed by atoms with E-state index in [0.29, 0.717) is 26.2 Å². The van der Waals surface area contributed by atoms with Gasteiger partial charge in [-0.2, -0.15) is 0 Å². The standard InChI is InChI=1S/C15H30N2O3/c1-19-11-12-20-10-6-5-9-17-14(18)13-15(16)7-3-2-4-8-15/h2-13,16H2,1H3,(H,17,18). The second-order valence-electron chi connectivity index (χ2n) is 5.76. The molecule has 0 atom stereocenters. The summed E-state index contributed by atoms with van der Waals surface area (Å²) in [5, 5.41) is 2.96. The molecule has 1 amide bonds. The minimum absolute atomic E-state index is 0.0923. The third-order valence-corrected chi connectivity index (χ3v) is 3.83. The highest BCUT2D eigenvalue weighted by Crippen LogP contribution is 2.28. The Balaban J connectivity index is 1.97. The monoisotopic (exact) mass is 286 g/mol. The van der Waals surface area contributed by atoms with Crippen LogP contribution in [0.25, 0.3) is 0 Å². The Hall–Kier alpha value is -0.650. The Labute approximate surface area is 122 Å². The molecule has 0 aromatic carbocycles. The van der Waals surface area contributed by atoms with Gasteiger partial charge in [-0.05, 0) is 25.7 Å². The highest BCUT2D eigenvalue weighted by molar-refractivity contribution is 5.77. The molecule has 3 N–H and O–H groups in total. The number of hydrogen-bond donors (Lipinski definition) is 2. The van der Waals surface area contributed by atoms with E-state index in [4.69, 9.17) is 15.2 Å². The van der Waals surface area contributed by atoms with Gasteiger partial charge in [0.25, 0.3) is 0 Å². The van der Waals surface area contributed by atoms with Gasteiger partial charge in [0, 0.05) is 32.2 Å². The van der Waals surface area contributed by atoms with Crippen molar-refractivity contribution in [3.8, 4) is 0 Å². The number of carbonyl (C=O) groups is 1. The first-order chi connectivity index (χ1) is 9.66. The average Bonchev–Trinajstić information content (AvgIpc) is 2.42. The molecule has 0 aromatic rings. The van der Waals surface area contributed by atoms with Gasteiger partial charge in [-0.15, -0.1) is 0 Å². The van der Waals surface area contributed by atoms with E-state index in [9.17, 15) is 4.79 Å². The summed E-state index contributed by atoms with van der Waals surface area (Å²) in [7, 11) is 1.66. The van der Waals surface area contributed by atoms with E-state index in [1.54, 1.807) is 7.11 Å². The van der Waals surface area contributed by atoms with Crippen LogP contribution in [-0.2, 0) is 14.3 Å². The Morgan fingerprint density at radius 1 is 1.15 bits per heavy atom. The fraction of sp³-hybridized carbons (Fsp3) is 0.933. The molecule has 0 aromatic heterocycles. The maximum Gasteiger partial charge on any atom is 0.221 e. The lowest BCUT2D eigenvalue weighted by Gasteiger charge is -2.32. The normalized spacial score (nSPS) is 17.9. The number of nitrogens with two attached hydrogens (primary N) is 1. The maximum absolute atomic E-state index is 11.9. The van der Waals surface area contributed by atoms with Crippen LogP contribution in [0.1, 0.15) is 51.4 Å². The number of rotatable bonds is 10. The molecule has 0 saturated heterocycles. The van der Waals surface area contributed by atoms with Gasteiger partial charge < -0.3 is 20.5 Å². The zero-order chi connectivity index (χ0) is 14.7. The quantitative estimate of drug-likeness (QED) is 0.598. The van der Waals surface area contributed by atoms with Gasteiger partial charge in [0.1, 0.15) is 0 Å². The highest BCUT2D eigenvalue weighted by atomic mass is 16.5. The minimum atomic E-state index is -0.258. The predicted octanol–water partition coefficient (Wildman–Crippen LogP) is 1.60. The second kappa shape index (κ2) is 10.1. The zero-order valence-electron chi connectivity index (χ0n) is 12.8. The van der Waals surface area contributed by atoms with Crippen LogP contribution >= 0.6 is 0 Å². The smallest absolute Gasteiger partial charge is 0.221 e. The molecule has 0 bridgehead atoms. The first-order valence-electron chi connectivity index (χ1n) is 7.78. The van der Waals surface area contributed by atoms with Crippen molar-refractivity contribution in [2.75, 3.05) is 33.5 Å². The number of unbranched alkanes of at least 4 members (excludes halogenated alkanes) is 1. The highest BCUT2D eigenvalue weighted by Gasteiger charge is 2.29. The summed E-state index contributed by atoms with van der Waals surface area (Å²) >= 11 is 0. The van der Waals surface area contributed by atoms with Crippen LogP contribution in [0.2, 0.25) is 0 Å². The van der Waals surface area contributed by atoms with Crippen LogP contribution in [0, 0.1) is 0 Å². The summed E-state index contributed by atoms with van der Waals surface area (Å²) in [5.41, 5.74) is 6.01. The van der Waals surface area contributed by atoms with Crippen LogP contribution in [0.3, 0.4) is 0 Å². The lowest BCUT2D eigenvalue weighted by Crippen LogP contribution is -2.46. The minimum Gasteiger partial charge on any atom is -0.382 e. The van der Waals surface area contributed by atoms with Gasteiger partial charge in [0.15, 0.2) is 0 Å². The van der Waals surface area contributed by atoms with E-state index in [-0.39, 0.29) is 11.4 Å². The topological polar surface area (TPSA) is 73.6 Å². The summed E-state index contributed by atoms with van der Waals surface area (Å²) in [4.78, 5) is 11.9. The van der Waals surface area contributed by atoms with Crippen molar-refractivity contribution in [2.24, 2.45) is 5.73 Å². The van der Waals surface area contributed by atoms with E-state index < -0.39 is 0 Å².